The third-order valence-electron chi connectivity index (χ3n) is 3.03. The molecule has 0 unspecified atom stereocenters. The largest absolute Gasteiger partial charge is 0.198 e. The van der Waals surface area contributed by atoms with Crippen molar-refractivity contribution in [1.29, 1.82) is 5.26 Å². The van der Waals surface area contributed by atoms with E-state index in [1.54, 1.807) is 0 Å². The van der Waals surface area contributed by atoms with Gasteiger partial charge < -0.3 is 0 Å². The molecule has 0 fully saturated rings. The van der Waals surface area contributed by atoms with Crippen LogP contribution in [0.15, 0.2) is 12.7 Å². The molecular weight excluding hydrogens is 158 g/mol. The first-order valence-corrected chi connectivity index (χ1v) is 5.03. The first-order chi connectivity index (χ1) is 6.01. The minimum atomic E-state index is -0.172. The Morgan fingerprint density at radius 1 is 1.31 bits per heavy atom. The van der Waals surface area contributed by atoms with Crippen LogP contribution >= 0.6 is 0 Å². The van der Waals surface area contributed by atoms with Crippen LogP contribution in [0.25, 0.3) is 0 Å². The Kier molecular flexibility index (Phi) is 4.77. The molecule has 74 valence electrons. The van der Waals surface area contributed by atoms with Gasteiger partial charge in [-0.15, -0.1) is 6.58 Å². The van der Waals surface area contributed by atoms with Gasteiger partial charge in [0.2, 0.25) is 0 Å². The van der Waals surface area contributed by atoms with Crippen LogP contribution in [0.5, 0.6) is 0 Å². The smallest absolute Gasteiger partial charge is 0.0695 e. The number of allylic oxidation sites excluding steroid dienone is 1. The standard InChI is InChI=1S/C12H21N/c1-6-7-8-12(9-13,10(2)3)11(4)5/h6,10-11H,1,7-8H2,2-5H3. The van der Waals surface area contributed by atoms with Gasteiger partial charge in [-0.25, -0.2) is 0 Å². The highest BCUT2D eigenvalue weighted by Gasteiger charge is 2.36. The van der Waals surface area contributed by atoms with E-state index in [4.69, 9.17) is 0 Å². The Morgan fingerprint density at radius 3 is 2.00 bits per heavy atom. The molecule has 0 saturated heterocycles. The SMILES string of the molecule is C=CCCC(C#N)(C(C)C)C(C)C. The fourth-order valence-electron chi connectivity index (χ4n) is 1.90. The third kappa shape index (κ3) is 2.59. The molecule has 0 aromatic heterocycles. The fourth-order valence-corrected chi connectivity index (χ4v) is 1.90. The molecule has 0 aliphatic carbocycles. The zero-order chi connectivity index (χ0) is 10.5. The molecule has 0 spiro atoms. The molecule has 13 heavy (non-hydrogen) atoms. The maximum atomic E-state index is 9.26. The molecule has 1 nitrogen and oxygen atoms in total. The molecule has 0 saturated carbocycles. The van der Waals surface area contributed by atoms with E-state index in [1.165, 1.54) is 0 Å². The molecule has 0 radical (unpaired) electrons. The summed E-state index contributed by atoms with van der Waals surface area (Å²) in [6.07, 6.45) is 3.77. The van der Waals surface area contributed by atoms with Gasteiger partial charge in [0.15, 0.2) is 0 Å². The van der Waals surface area contributed by atoms with Crippen molar-refractivity contribution in [3.05, 3.63) is 12.7 Å². The van der Waals surface area contributed by atoms with Crippen LogP contribution in [0.2, 0.25) is 0 Å². The van der Waals surface area contributed by atoms with Gasteiger partial charge in [-0.2, -0.15) is 5.26 Å². The lowest BCUT2D eigenvalue weighted by molar-refractivity contribution is 0.175. The summed E-state index contributed by atoms with van der Waals surface area (Å²) >= 11 is 0. The fraction of sp³-hybridized carbons (Fsp3) is 0.750. The molecule has 0 heterocycles. The van der Waals surface area contributed by atoms with E-state index in [0.29, 0.717) is 11.8 Å². The summed E-state index contributed by atoms with van der Waals surface area (Å²) in [6, 6.07) is 2.50. The van der Waals surface area contributed by atoms with E-state index < -0.39 is 0 Å². The van der Waals surface area contributed by atoms with Crippen molar-refractivity contribution in [2.24, 2.45) is 17.3 Å². The van der Waals surface area contributed by atoms with E-state index >= 15 is 0 Å². The lowest BCUT2D eigenvalue weighted by Crippen LogP contribution is -2.31. The first-order valence-electron chi connectivity index (χ1n) is 5.03. The minimum Gasteiger partial charge on any atom is -0.198 e. The molecule has 0 aromatic rings. The monoisotopic (exact) mass is 179 g/mol. The Hall–Kier alpha value is -0.770. The van der Waals surface area contributed by atoms with Gasteiger partial charge in [-0.1, -0.05) is 33.8 Å². The van der Waals surface area contributed by atoms with E-state index in [2.05, 4.69) is 40.3 Å². The van der Waals surface area contributed by atoms with Gasteiger partial charge >= 0.3 is 0 Å². The molecule has 0 bridgehead atoms. The molecule has 0 aliphatic heterocycles. The Labute approximate surface area is 82.5 Å². The first kappa shape index (κ1) is 12.2. The molecule has 0 aromatic carbocycles. The maximum absolute atomic E-state index is 9.26. The highest BCUT2D eigenvalue weighted by Crippen LogP contribution is 2.39. The van der Waals surface area contributed by atoms with Crippen molar-refractivity contribution in [2.75, 3.05) is 0 Å². The molecule has 0 N–H and O–H groups in total. The summed E-state index contributed by atoms with van der Waals surface area (Å²) in [5.41, 5.74) is -0.172. The Morgan fingerprint density at radius 2 is 1.77 bits per heavy atom. The predicted octanol–water partition coefficient (Wildman–Crippen LogP) is 3.77. The molecule has 0 rings (SSSR count). The maximum Gasteiger partial charge on any atom is 0.0695 e. The van der Waals surface area contributed by atoms with Crippen molar-refractivity contribution in [1.82, 2.24) is 0 Å². The molecular formula is C12H21N. The number of rotatable bonds is 5. The van der Waals surface area contributed by atoms with E-state index in [1.807, 2.05) is 6.08 Å². The van der Waals surface area contributed by atoms with E-state index in [9.17, 15) is 5.26 Å². The number of hydrogen-bond acceptors (Lipinski definition) is 1. The lowest BCUT2D eigenvalue weighted by Gasteiger charge is -2.34. The van der Waals surface area contributed by atoms with Crippen LogP contribution in [-0.2, 0) is 0 Å². The summed E-state index contributed by atoms with van der Waals surface area (Å²) in [4.78, 5) is 0. The molecule has 1 heteroatoms. The molecule has 0 aliphatic rings. The Bertz CT molecular complexity index is 188. The lowest BCUT2D eigenvalue weighted by atomic mass is 9.67. The van der Waals surface area contributed by atoms with Gasteiger partial charge in [0, 0.05) is 0 Å². The Balaban J connectivity index is 4.68. The number of hydrogen-bond donors (Lipinski definition) is 0. The van der Waals surface area contributed by atoms with E-state index in [-0.39, 0.29) is 5.41 Å². The van der Waals surface area contributed by atoms with Gasteiger partial charge in [0.25, 0.3) is 0 Å². The van der Waals surface area contributed by atoms with Crippen molar-refractivity contribution in [3.63, 3.8) is 0 Å². The average molecular weight is 179 g/mol. The van der Waals surface area contributed by atoms with Gasteiger partial charge in [0.05, 0.1) is 11.5 Å². The number of nitrogens with zero attached hydrogens (tertiary/aromatic N) is 1. The van der Waals surface area contributed by atoms with Crippen LogP contribution < -0.4 is 0 Å². The zero-order valence-electron chi connectivity index (χ0n) is 9.30. The van der Waals surface area contributed by atoms with Gasteiger partial charge in [-0.05, 0) is 24.7 Å². The summed E-state index contributed by atoms with van der Waals surface area (Å²) in [5, 5.41) is 9.26. The summed E-state index contributed by atoms with van der Waals surface area (Å²) < 4.78 is 0. The van der Waals surface area contributed by atoms with Crippen LogP contribution in [0.4, 0.5) is 0 Å². The predicted molar refractivity (Wildman–Crippen MR) is 57.2 cm³/mol. The second kappa shape index (κ2) is 5.07. The van der Waals surface area contributed by atoms with Crippen molar-refractivity contribution < 1.29 is 0 Å². The highest BCUT2D eigenvalue weighted by molar-refractivity contribution is 5.03. The van der Waals surface area contributed by atoms with Crippen molar-refractivity contribution >= 4 is 0 Å². The van der Waals surface area contributed by atoms with Crippen LogP contribution in [0.3, 0.4) is 0 Å². The highest BCUT2D eigenvalue weighted by atomic mass is 14.4. The van der Waals surface area contributed by atoms with Crippen LogP contribution in [0.1, 0.15) is 40.5 Å². The van der Waals surface area contributed by atoms with Crippen LogP contribution in [-0.4, -0.2) is 0 Å². The molecule has 0 amide bonds. The van der Waals surface area contributed by atoms with Crippen molar-refractivity contribution in [2.45, 2.75) is 40.5 Å². The quantitative estimate of drug-likeness (QED) is 0.589. The second-order valence-corrected chi connectivity index (χ2v) is 4.29. The number of nitriles is 1. The second-order valence-electron chi connectivity index (χ2n) is 4.29. The summed E-state index contributed by atoms with van der Waals surface area (Å²) in [5.74, 6) is 0.829. The summed E-state index contributed by atoms with van der Waals surface area (Å²) in [7, 11) is 0. The minimum absolute atomic E-state index is 0.172. The normalized spacial score (nSPS) is 11.8. The summed E-state index contributed by atoms with van der Waals surface area (Å²) in [6.45, 7) is 12.2. The molecule has 0 atom stereocenters. The van der Waals surface area contributed by atoms with E-state index in [0.717, 1.165) is 12.8 Å². The van der Waals surface area contributed by atoms with Crippen LogP contribution in [0, 0.1) is 28.6 Å². The average Bonchev–Trinajstić information content (AvgIpc) is 2.05. The van der Waals surface area contributed by atoms with Gasteiger partial charge in [0.1, 0.15) is 0 Å². The van der Waals surface area contributed by atoms with Gasteiger partial charge in [-0.3, -0.25) is 0 Å². The zero-order valence-corrected chi connectivity index (χ0v) is 9.30. The van der Waals surface area contributed by atoms with Crippen molar-refractivity contribution in [3.8, 4) is 6.07 Å². The topological polar surface area (TPSA) is 23.8 Å². The third-order valence-corrected chi connectivity index (χ3v) is 3.03.